The summed E-state index contributed by atoms with van der Waals surface area (Å²) in [6.45, 7) is 6.58. The molecule has 16 heavy (non-hydrogen) atoms. The largest absolute Gasteiger partial charge is 0.330 e. The van der Waals surface area contributed by atoms with E-state index in [1.807, 2.05) is 11.9 Å². The van der Waals surface area contributed by atoms with Gasteiger partial charge in [0.25, 0.3) is 5.91 Å². The van der Waals surface area contributed by atoms with Crippen LogP contribution in [0.25, 0.3) is 0 Å². The number of carbonyl (C=O) groups excluding carboxylic acids is 1. The highest BCUT2D eigenvalue weighted by Gasteiger charge is 2.34. The minimum Gasteiger partial charge on any atom is -0.330 e. The molecule has 1 saturated heterocycles. The molecule has 5 nitrogen and oxygen atoms in total. The third-order valence-corrected chi connectivity index (χ3v) is 3.08. The molecule has 1 fully saturated rings. The maximum Gasteiger partial charge on any atom is 0.272 e. The van der Waals surface area contributed by atoms with Gasteiger partial charge in [-0.15, -0.1) is 0 Å². The third kappa shape index (κ3) is 1.82. The Morgan fingerprint density at radius 3 is 2.88 bits per heavy atom. The van der Waals surface area contributed by atoms with Crippen molar-refractivity contribution >= 4 is 5.91 Å². The Hall–Kier alpha value is -1.36. The van der Waals surface area contributed by atoms with Gasteiger partial charge in [0.2, 0.25) is 0 Å². The van der Waals surface area contributed by atoms with E-state index in [0.29, 0.717) is 5.69 Å². The van der Waals surface area contributed by atoms with Crippen LogP contribution in [-0.4, -0.2) is 45.5 Å². The molecule has 0 spiro atoms. The summed E-state index contributed by atoms with van der Waals surface area (Å²) in [7, 11) is 1.84. The zero-order valence-corrected chi connectivity index (χ0v) is 10.0. The van der Waals surface area contributed by atoms with Gasteiger partial charge in [-0.1, -0.05) is 0 Å². The monoisotopic (exact) mass is 222 g/mol. The summed E-state index contributed by atoms with van der Waals surface area (Å²) >= 11 is 0. The summed E-state index contributed by atoms with van der Waals surface area (Å²) in [5.41, 5.74) is 0.509. The number of amides is 1. The molecule has 2 heterocycles. The van der Waals surface area contributed by atoms with Crippen molar-refractivity contribution in [1.29, 1.82) is 0 Å². The van der Waals surface area contributed by atoms with E-state index in [4.69, 9.17) is 0 Å². The standard InChI is InChI=1S/C11H18N4O/c1-11(2)7-12-4-5-15(11)10(16)9-6-13-8-14(9)3/h6,8,12H,4-5,7H2,1-3H3. The molecular formula is C11H18N4O. The molecule has 1 aromatic rings. The smallest absolute Gasteiger partial charge is 0.272 e. The average Bonchev–Trinajstić information content (AvgIpc) is 2.63. The second-order valence-corrected chi connectivity index (χ2v) is 4.84. The van der Waals surface area contributed by atoms with E-state index in [1.54, 1.807) is 17.1 Å². The van der Waals surface area contributed by atoms with Gasteiger partial charge in [-0.2, -0.15) is 0 Å². The first-order chi connectivity index (χ1) is 7.52. The van der Waals surface area contributed by atoms with Crippen molar-refractivity contribution < 1.29 is 4.79 Å². The Morgan fingerprint density at radius 1 is 1.56 bits per heavy atom. The number of imidazole rings is 1. The molecule has 0 aromatic carbocycles. The highest BCUT2D eigenvalue weighted by atomic mass is 16.2. The number of nitrogens with one attached hydrogen (secondary N) is 1. The molecule has 88 valence electrons. The predicted octanol–water partition coefficient (Wildman–Crippen LogP) is 0.244. The average molecular weight is 222 g/mol. The Labute approximate surface area is 95.5 Å². The molecule has 0 unspecified atom stereocenters. The zero-order chi connectivity index (χ0) is 11.8. The van der Waals surface area contributed by atoms with Crippen molar-refractivity contribution in [3.63, 3.8) is 0 Å². The van der Waals surface area contributed by atoms with Crippen LogP contribution in [0.3, 0.4) is 0 Å². The van der Waals surface area contributed by atoms with Crippen LogP contribution >= 0.6 is 0 Å². The van der Waals surface area contributed by atoms with E-state index in [9.17, 15) is 4.79 Å². The second kappa shape index (κ2) is 3.90. The van der Waals surface area contributed by atoms with Crippen LogP contribution in [0.5, 0.6) is 0 Å². The summed E-state index contributed by atoms with van der Waals surface area (Å²) in [5, 5.41) is 3.30. The van der Waals surface area contributed by atoms with Crippen molar-refractivity contribution in [1.82, 2.24) is 19.8 Å². The summed E-state index contributed by atoms with van der Waals surface area (Å²) in [6.07, 6.45) is 3.28. The molecular weight excluding hydrogens is 204 g/mol. The summed E-state index contributed by atoms with van der Waals surface area (Å²) in [6, 6.07) is 0. The van der Waals surface area contributed by atoms with Gasteiger partial charge in [0.15, 0.2) is 0 Å². The predicted molar refractivity (Wildman–Crippen MR) is 61.2 cm³/mol. The number of rotatable bonds is 1. The van der Waals surface area contributed by atoms with Gasteiger partial charge in [-0.05, 0) is 13.8 Å². The summed E-state index contributed by atoms with van der Waals surface area (Å²) < 4.78 is 1.76. The number of hydrogen-bond acceptors (Lipinski definition) is 3. The molecule has 0 radical (unpaired) electrons. The fraction of sp³-hybridized carbons (Fsp3) is 0.636. The van der Waals surface area contributed by atoms with Gasteiger partial charge < -0.3 is 14.8 Å². The maximum absolute atomic E-state index is 12.3. The number of hydrogen-bond donors (Lipinski definition) is 1. The number of piperazine rings is 1. The molecule has 0 bridgehead atoms. The zero-order valence-electron chi connectivity index (χ0n) is 10.0. The Balaban J connectivity index is 2.24. The highest BCUT2D eigenvalue weighted by Crippen LogP contribution is 2.19. The van der Waals surface area contributed by atoms with Crippen LogP contribution in [0.4, 0.5) is 0 Å². The van der Waals surface area contributed by atoms with E-state index >= 15 is 0 Å². The highest BCUT2D eigenvalue weighted by molar-refractivity contribution is 5.93. The van der Waals surface area contributed by atoms with Gasteiger partial charge in [0.1, 0.15) is 5.69 Å². The van der Waals surface area contributed by atoms with E-state index in [-0.39, 0.29) is 11.4 Å². The maximum atomic E-state index is 12.3. The number of aromatic nitrogens is 2. The number of aryl methyl sites for hydroxylation is 1. The van der Waals surface area contributed by atoms with Gasteiger partial charge in [0, 0.05) is 26.7 Å². The molecule has 0 atom stereocenters. The minimum absolute atomic E-state index is 0.0616. The van der Waals surface area contributed by atoms with E-state index in [2.05, 4.69) is 24.1 Å². The first-order valence-electron chi connectivity index (χ1n) is 5.51. The first-order valence-corrected chi connectivity index (χ1v) is 5.51. The first kappa shape index (κ1) is 11.1. The van der Waals surface area contributed by atoms with Crippen LogP contribution in [0.15, 0.2) is 12.5 Å². The van der Waals surface area contributed by atoms with E-state index in [1.165, 1.54) is 0 Å². The molecule has 1 aliphatic heterocycles. The summed E-state index contributed by atoms with van der Waals surface area (Å²) in [4.78, 5) is 18.2. The third-order valence-electron chi connectivity index (χ3n) is 3.08. The van der Waals surface area contributed by atoms with Crippen molar-refractivity contribution in [3.8, 4) is 0 Å². The lowest BCUT2D eigenvalue weighted by Crippen LogP contribution is -2.60. The fourth-order valence-electron chi connectivity index (χ4n) is 2.06. The molecule has 1 N–H and O–H groups in total. The topological polar surface area (TPSA) is 50.2 Å². The molecule has 0 saturated carbocycles. The molecule has 2 rings (SSSR count). The lowest BCUT2D eigenvalue weighted by Gasteiger charge is -2.42. The van der Waals surface area contributed by atoms with Crippen LogP contribution < -0.4 is 5.32 Å². The van der Waals surface area contributed by atoms with Crippen molar-refractivity contribution in [2.24, 2.45) is 7.05 Å². The quantitative estimate of drug-likeness (QED) is 0.740. The summed E-state index contributed by atoms with van der Waals surface area (Å²) in [5.74, 6) is 0.0616. The Morgan fingerprint density at radius 2 is 2.31 bits per heavy atom. The van der Waals surface area contributed by atoms with Crippen LogP contribution in [-0.2, 0) is 7.05 Å². The van der Waals surface area contributed by atoms with Gasteiger partial charge in [0.05, 0.1) is 18.1 Å². The van der Waals surface area contributed by atoms with Gasteiger partial charge in [-0.25, -0.2) is 4.98 Å². The fourth-order valence-corrected chi connectivity index (χ4v) is 2.06. The lowest BCUT2D eigenvalue weighted by molar-refractivity contribution is 0.0467. The minimum atomic E-state index is -0.139. The SMILES string of the molecule is Cn1cncc1C(=O)N1CCNCC1(C)C. The lowest BCUT2D eigenvalue weighted by atomic mass is 10.00. The van der Waals surface area contributed by atoms with Crippen LogP contribution in [0.2, 0.25) is 0 Å². The van der Waals surface area contributed by atoms with E-state index < -0.39 is 0 Å². The molecule has 0 aliphatic carbocycles. The van der Waals surface area contributed by atoms with Crippen LogP contribution in [0.1, 0.15) is 24.3 Å². The molecule has 1 amide bonds. The van der Waals surface area contributed by atoms with Crippen molar-refractivity contribution in [2.75, 3.05) is 19.6 Å². The Bertz CT molecular complexity index is 396. The molecule has 1 aliphatic rings. The Kier molecular flexibility index (Phi) is 2.71. The second-order valence-electron chi connectivity index (χ2n) is 4.84. The molecule has 5 heteroatoms. The van der Waals surface area contributed by atoms with Gasteiger partial charge >= 0.3 is 0 Å². The normalized spacial score (nSPS) is 19.8. The number of carbonyl (C=O) groups is 1. The van der Waals surface area contributed by atoms with Crippen molar-refractivity contribution in [3.05, 3.63) is 18.2 Å². The van der Waals surface area contributed by atoms with Crippen LogP contribution in [0, 0.1) is 0 Å². The number of nitrogens with zero attached hydrogens (tertiary/aromatic N) is 3. The van der Waals surface area contributed by atoms with Gasteiger partial charge in [-0.3, -0.25) is 4.79 Å². The van der Waals surface area contributed by atoms with Crippen molar-refractivity contribution in [2.45, 2.75) is 19.4 Å². The van der Waals surface area contributed by atoms with E-state index in [0.717, 1.165) is 19.6 Å². The molecule has 1 aromatic heterocycles.